The molecule has 2 aromatic rings. The van der Waals surface area contributed by atoms with E-state index in [4.69, 9.17) is 17.3 Å². The molecule has 1 fully saturated rings. The fourth-order valence-electron chi connectivity index (χ4n) is 2.53. The molecule has 1 aromatic heterocycles. The fourth-order valence-corrected chi connectivity index (χ4v) is 2.80. The van der Waals surface area contributed by atoms with Crippen molar-refractivity contribution in [1.82, 2.24) is 20.2 Å². The lowest BCUT2D eigenvalue weighted by Gasteiger charge is -2.31. The summed E-state index contributed by atoms with van der Waals surface area (Å²) in [7, 11) is 0. The van der Waals surface area contributed by atoms with E-state index >= 15 is 0 Å². The smallest absolute Gasteiger partial charge is 0.185 e. The van der Waals surface area contributed by atoms with Crippen molar-refractivity contribution in [3.8, 4) is 11.4 Å². The van der Waals surface area contributed by atoms with Crippen molar-refractivity contribution in [2.75, 3.05) is 5.73 Å². The number of tetrazole rings is 1. The van der Waals surface area contributed by atoms with E-state index in [2.05, 4.69) is 22.4 Å². The fraction of sp³-hybridized carbons (Fsp3) is 0.462. The maximum Gasteiger partial charge on any atom is 0.185 e. The Labute approximate surface area is 116 Å². The van der Waals surface area contributed by atoms with E-state index in [-0.39, 0.29) is 6.04 Å². The Bertz CT molecular complexity index is 570. The van der Waals surface area contributed by atoms with Gasteiger partial charge in [0.05, 0.1) is 16.6 Å². The average Bonchev–Trinajstić information content (AvgIpc) is 2.75. The van der Waals surface area contributed by atoms with Crippen LogP contribution >= 0.6 is 11.6 Å². The van der Waals surface area contributed by atoms with Crippen molar-refractivity contribution in [2.24, 2.45) is 5.92 Å². The van der Waals surface area contributed by atoms with Gasteiger partial charge in [0.25, 0.3) is 0 Å². The summed E-state index contributed by atoms with van der Waals surface area (Å²) in [4.78, 5) is 0. The molecule has 0 radical (unpaired) electrons. The third kappa shape index (κ3) is 2.08. The summed E-state index contributed by atoms with van der Waals surface area (Å²) in [5.41, 5.74) is 7.33. The lowest BCUT2D eigenvalue weighted by molar-refractivity contribution is 0.210. The Kier molecular flexibility index (Phi) is 3.14. The van der Waals surface area contributed by atoms with Gasteiger partial charge in [-0.15, -0.1) is 5.10 Å². The molecule has 19 heavy (non-hydrogen) atoms. The van der Waals surface area contributed by atoms with Gasteiger partial charge in [-0.05, 0) is 48.2 Å². The van der Waals surface area contributed by atoms with Gasteiger partial charge in [-0.3, -0.25) is 0 Å². The van der Waals surface area contributed by atoms with E-state index in [1.165, 1.54) is 19.3 Å². The first-order chi connectivity index (χ1) is 9.18. The zero-order chi connectivity index (χ0) is 13.4. The number of nitrogen functional groups attached to an aromatic ring is 1. The molecule has 0 spiro atoms. The Morgan fingerprint density at radius 1 is 1.42 bits per heavy atom. The maximum absolute atomic E-state index is 6.24. The number of hydrogen-bond donors (Lipinski definition) is 1. The second-order valence-electron chi connectivity index (χ2n) is 5.08. The van der Waals surface area contributed by atoms with Crippen LogP contribution in [0.4, 0.5) is 5.69 Å². The van der Waals surface area contributed by atoms with Crippen LogP contribution in [0.5, 0.6) is 0 Å². The molecule has 3 rings (SSSR count). The van der Waals surface area contributed by atoms with Gasteiger partial charge in [0.2, 0.25) is 0 Å². The van der Waals surface area contributed by atoms with E-state index in [9.17, 15) is 0 Å². The number of benzene rings is 1. The number of rotatable bonds is 3. The van der Waals surface area contributed by atoms with Crippen molar-refractivity contribution in [1.29, 1.82) is 0 Å². The highest BCUT2D eigenvalue weighted by molar-refractivity contribution is 6.33. The molecule has 1 aliphatic rings. The first-order valence-corrected chi connectivity index (χ1v) is 6.88. The summed E-state index contributed by atoms with van der Waals surface area (Å²) in [6.45, 7) is 2.15. The molecule has 1 atom stereocenters. The van der Waals surface area contributed by atoms with Crippen molar-refractivity contribution in [2.45, 2.75) is 32.2 Å². The predicted octanol–water partition coefficient (Wildman–Crippen LogP) is 2.94. The minimum atomic E-state index is 0.273. The molecule has 1 heterocycles. The van der Waals surface area contributed by atoms with E-state index in [1.54, 1.807) is 6.07 Å². The third-order valence-corrected chi connectivity index (χ3v) is 4.30. The van der Waals surface area contributed by atoms with Gasteiger partial charge in [0.1, 0.15) is 0 Å². The molecule has 1 saturated carbocycles. The number of hydrogen-bond acceptors (Lipinski definition) is 4. The zero-order valence-corrected chi connectivity index (χ0v) is 11.5. The molecule has 5 nitrogen and oxygen atoms in total. The molecule has 6 heteroatoms. The average molecular weight is 278 g/mol. The maximum atomic E-state index is 6.24. The molecule has 0 saturated heterocycles. The van der Waals surface area contributed by atoms with Crippen LogP contribution in [0.15, 0.2) is 18.2 Å². The second-order valence-corrected chi connectivity index (χ2v) is 5.49. The Balaban J connectivity index is 2.04. The largest absolute Gasteiger partial charge is 0.398 e. The molecule has 1 aromatic carbocycles. The van der Waals surface area contributed by atoms with E-state index in [0.717, 1.165) is 5.56 Å². The quantitative estimate of drug-likeness (QED) is 0.876. The first-order valence-electron chi connectivity index (χ1n) is 6.50. The molecular weight excluding hydrogens is 262 g/mol. The van der Waals surface area contributed by atoms with Gasteiger partial charge in [-0.2, -0.15) is 0 Å². The van der Waals surface area contributed by atoms with Crippen LogP contribution in [0.25, 0.3) is 11.4 Å². The number of nitrogens with zero attached hydrogens (tertiary/aromatic N) is 4. The van der Waals surface area contributed by atoms with Gasteiger partial charge >= 0.3 is 0 Å². The predicted molar refractivity (Wildman–Crippen MR) is 74.7 cm³/mol. The molecule has 0 amide bonds. The zero-order valence-electron chi connectivity index (χ0n) is 10.8. The summed E-state index contributed by atoms with van der Waals surface area (Å²) in [5, 5.41) is 12.6. The minimum absolute atomic E-state index is 0.273. The molecule has 0 aliphatic heterocycles. The summed E-state index contributed by atoms with van der Waals surface area (Å²) >= 11 is 6.24. The lowest BCUT2D eigenvalue weighted by Crippen LogP contribution is -2.24. The molecular formula is C13H16ClN5. The minimum Gasteiger partial charge on any atom is -0.398 e. The van der Waals surface area contributed by atoms with Crippen LogP contribution in [0.2, 0.25) is 5.02 Å². The van der Waals surface area contributed by atoms with Crippen molar-refractivity contribution in [3.05, 3.63) is 23.2 Å². The highest BCUT2D eigenvalue weighted by atomic mass is 35.5. The van der Waals surface area contributed by atoms with Gasteiger partial charge in [0.15, 0.2) is 5.82 Å². The number of aromatic nitrogens is 4. The number of anilines is 1. The van der Waals surface area contributed by atoms with Crippen molar-refractivity contribution < 1.29 is 0 Å². The Morgan fingerprint density at radius 2 is 2.21 bits per heavy atom. The number of halogens is 1. The topological polar surface area (TPSA) is 69.6 Å². The van der Waals surface area contributed by atoms with E-state index in [0.29, 0.717) is 22.5 Å². The SMILES string of the molecule is CC(C1CCC1)n1nnnc1-c1c(N)cccc1Cl. The molecule has 1 aliphatic carbocycles. The van der Waals surface area contributed by atoms with Crippen molar-refractivity contribution >= 4 is 17.3 Å². The van der Waals surface area contributed by atoms with Crippen LogP contribution in [0.3, 0.4) is 0 Å². The first kappa shape index (κ1) is 12.4. The molecule has 2 N–H and O–H groups in total. The number of nitrogens with two attached hydrogens (primary N) is 1. The normalized spacial score (nSPS) is 17.2. The van der Waals surface area contributed by atoms with Crippen LogP contribution in [0, 0.1) is 5.92 Å². The van der Waals surface area contributed by atoms with E-state index in [1.807, 2.05) is 16.8 Å². The van der Waals surface area contributed by atoms with Gasteiger partial charge < -0.3 is 5.73 Å². The van der Waals surface area contributed by atoms with Crippen LogP contribution in [-0.4, -0.2) is 20.2 Å². The summed E-state index contributed by atoms with van der Waals surface area (Å²) in [6.07, 6.45) is 3.76. The summed E-state index contributed by atoms with van der Waals surface area (Å²) < 4.78 is 1.85. The highest BCUT2D eigenvalue weighted by Crippen LogP contribution is 2.39. The molecule has 1 unspecified atom stereocenters. The highest BCUT2D eigenvalue weighted by Gasteiger charge is 2.28. The second kappa shape index (κ2) is 4.81. The van der Waals surface area contributed by atoms with Gasteiger partial charge in [0, 0.05) is 5.69 Å². The summed E-state index contributed by atoms with van der Waals surface area (Å²) in [5.74, 6) is 1.30. The van der Waals surface area contributed by atoms with Crippen LogP contribution in [0.1, 0.15) is 32.2 Å². The van der Waals surface area contributed by atoms with Crippen molar-refractivity contribution in [3.63, 3.8) is 0 Å². The molecule has 0 bridgehead atoms. The third-order valence-electron chi connectivity index (χ3n) is 3.98. The van der Waals surface area contributed by atoms with Gasteiger partial charge in [-0.1, -0.05) is 24.1 Å². The Morgan fingerprint density at radius 3 is 2.84 bits per heavy atom. The van der Waals surface area contributed by atoms with Gasteiger partial charge in [-0.25, -0.2) is 4.68 Å². The monoisotopic (exact) mass is 277 g/mol. The van der Waals surface area contributed by atoms with Crippen LogP contribution in [-0.2, 0) is 0 Å². The summed E-state index contributed by atoms with van der Waals surface area (Å²) in [6, 6.07) is 5.72. The molecule has 100 valence electrons. The Hall–Kier alpha value is -1.62. The van der Waals surface area contributed by atoms with E-state index < -0.39 is 0 Å². The van der Waals surface area contributed by atoms with Crippen LogP contribution < -0.4 is 5.73 Å². The lowest BCUT2D eigenvalue weighted by atomic mass is 9.80. The standard InChI is InChI=1S/C13H16ClN5/c1-8(9-4-2-5-9)19-13(16-17-18-19)12-10(14)6-3-7-11(12)15/h3,6-9H,2,4-5,15H2,1H3.